The number of amides is 2. The number of nitrogens with zero attached hydrogens (tertiary/aromatic N) is 3. The number of hydrogen-bond donors (Lipinski definition) is 2. The number of ether oxygens (including phenoxy) is 3. The van der Waals surface area contributed by atoms with Crippen LogP contribution in [0.1, 0.15) is 59.2 Å². The molecular formula is C30H37N5O5. The zero-order chi connectivity index (χ0) is 28.5. The predicted octanol–water partition coefficient (Wildman–Crippen LogP) is 5.16. The Balaban J connectivity index is 1.52. The average Bonchev–Trinajstić information content (AvgIpc) is 3.26. The lowest BCUT2D eigenvalue weighted by molar-refractivity contribution is 0.0765. The molecule has 3 aromatic rings. The number of carbonyl (C=O) groups excluding carboxylic acids is 2. The third-order valence-electron chi connectivity index (χ3n) is 6.59. The van der Waals surface area contributed by atoms with Gasteiger partial charge in [0.2, 0.25) is 0 Å². The summed E-state index contributed by atoms with van der Waals surface area (Å²) in [6.45, 7) is 5.61. The number of methoxy groups -OCH3 is 2. The molecule has 0 saturated heterocycles. The second kappa shape index (κ2) is 13.6. The maximum atomic E-state index is 13.6. The summed E-state index contributed by atoms with van der Waals surface area (Å²) in [5.74, 6) is 2.26. The van der Waals surface area contributed by atoms with Crippen LogP contribution in [0.5, 0.6) is 11.5 Å². The van der Waals surface area contributed by atoms with Gasteiger partial charge in [-0.1, -0.05) is 25.5 Å². The van der Waals surface area contributed by atoms with Crippen LogP contribution in [-0.2, 0) is 24.2 Å². The number of alkyl carbamates (subject to hydrolysis) is 1. The normalized spacial score (nSPS) is 12.2. The lowest BCUT2D eigenvalue weighted by Crippen LogP contribution is -2.26. The Morgan fingerprint density at radius 3 is 2.67 bits per heavy atom. The van der Waals surface area contributed by atoms with E-state index in [-0.39, 0.29) is 5.91 Å². The Kier molecular flexibility index (Phi) is 9.77. The van der Waals surface area contributed by atoms with Gasteiger partial charge in [-0.2, -0.15) is 0 Å². The summed E-state index contributed by atoms with van der Waals surface area (Å²) in [4.78, 5) is 36.7. The van der Waals surface area contributed by atoms with Gasteiger partial charge in [-0.25, -0.2) is 14.8 Å². The maximum Gasteiger partial charge on any atom is 0.407 e. The van der Waals surface area contributed by atoms with Crippen LogP contribution >= 0.6 is 0 Å². The Morgan fingerprint density at radius 1 is 1.07 bits per heavy atom. The molecule has 0 spiro atoms. The number of fused-ring (bicyclic) bond motifs is 1. The summed E-state index contributed by atoms with van der Waals surface area (Å²) < 4.78 is 16.0. The Bertz CT molecular complexity index is 1350. The van der Waals surface area contributed by atoms with E-state index in [2.05, 4.69) is 10.6 Å². The Hall–Kier alpha value is -4.34. The average molecular weight is 548 g/mol. The van der Waals surface area contributed by atoms with Crippen molar-refractivity contribution in [1.82, 2.24) is 20.2 Å². The molecule has 0 bridgehead atoms. The maximum absolute atomic E-state index is 13.6. The largest absolute Gasteiger partial charge is 0.497 e. The van der Waals surface area contributed by atoms with Crippen LogP contribution in [0.25, 0.3) is 0 Å². The fourth-order valence-electron chi connectivity index (χ4n) is 4.48. The van der Waals surface area contributed by atoms with Crippen LogP contribution in [0.4, 0.5) is 16.3 Å². The van der Waals surface area contributed by atoms with Gasteiger partial charge in [0, 0.05) is 30.3 Å². The molecule has 10 heteroatoms. The van der Waals surface area contributed by atoms with Crippen molar-refractivity contribution in [3.63, 3.8) is 0 Å². The Labute approximate surface area is 235 Å². The van der Waals surface area contributed by atoms with Gasteiger partial charge >= 0.3 is 6.09 Å². The summed E-state index contributed by atoms with van der Waals surface area (Å²) in [7, 11) is 3.20. The van der Waals surface area contributed by atoms with E-state index in [4.69, 9.17) is 24.2 Å². The van der Waals surface area contributed by atoms with Gasteiger partial charge in [0.1, 0.15) is 28.7 Å². The molecule has 2 N–H and O–H groups in total. The fourth-order valence-corrected chi connectivity index (χ4v) is 4.48. The molecule has 0 unspecified atom stereocenters. The molecular weight excluding hydrogens is 510 g/mol. The van der Waals surface area contributed by atoms with Crippen LogP contribution in [0.3, 0.4) is 0 Å². The molecule has 1 aliphatic rings. The lowest BCUT2D eigenvalue weighted by Gasteiger charge is -2.18. The number of anilines is 2. The van der Waals surface area contributed by atoms with Crippen molar-refractivity contribution >= 4 is 23.5 Å². The van der Waals surface area contributed by atoms with Crippen molar-refractivity contribution in [2.75, 3.05) is 32.7 Å². The minimum absolute atomic E-state index is 0.147. The van der Waals surface area contributed by atoms with Gasteiger partial charge in [0.25, 0.3) is 5.91 Å². The van der Waals surface area contributed by atoms with E-state index < -0.39 is 6.09 Å². The van der Waals surface area contributed by atoms with E-state index in [1.165, 1.54) is 0 Å². The summed E-state index contributed by atoms with van der Waals surface area (Å²) in [5.41, 5.74) is 3.93. The second-order valence-corrected chi connectivity index (χ2v) is 9.66. The first-order valence-corrected chi connectivity index (χ1v) is 13.6. The molecule has 0 aliphatic carbocycles. The number of rotatable bonds is 13. The molecule has 212 valence electrons. The smallest absolute Gasteiger partial charge is 0.407 e. The zero-order valence-corrected chi connectivity index (χ0v) is 23.6. The monoisotopic (exact) mass is 547 g/mol. The molecule has 2 aromatic carbocycles. The minimum Gasteiger partial charge on any atom is -0.497 e. The first kappa shape index (κ1) is 28.7. The summed E-state index contributed by atoms with van der Waals surface area (Å²) in [5, 5.41) is 6.12. The quantitative estimate of drug-likeness (QED) is 0.282. The van der Waals surface area contributed by atoms with Crippen LogP contribution in [0, 0.1) is 6.92 Å². The molecule has 0 saturated carbocycles. The molecule has 10 nitrogen and oxygen atoms in total. The van der Waals surface area contributed by atoms with E-state index in [1.807, 2.05) is 50.2 Å². The number of unbranched alkanes of at least 4 members (excludes halogenated alkanes) is 1. The lowest BCUT2D eigenvalue weighted by atomic mass is 10.1. The Morgan fingerprint density at radius 2 is 1.93 bits per heavy atom. The van der Waals surface area contributed by atoms with Gasteiger partial charge in [-0.15, -0.1) is 0 Å². The van der Waals surface area contributed by atoms with E-state index >= 15 is 0 Å². The number of nitrogens with one attached hydrogen (secondary N) is 2. The van der Waals surface area contributed by atoms with Crippen LogP contribution in [0.15, 0.2) is 42.5 Å². The topological polar surface area (TPSA) is 115 Å². The minimum atomic E-state index is -0.416. The molecule has 0 radical (unpaired) electrons. The highest BCUT2D eigenvalue weighted by Crippen LogP contribution is 2.33. The van der Waals surface area contributed by atoms with Crippen molar-refractivity contribution < 1.29 is 23.8 Å². The molecule has 0 fully saturated rings. The van der Waals surface area contributed by atoms with Gasteiger partial charge in [-0.05, 0) is 49.6 Å². The van der Waals surface area contributed by atoms with Crippen molar-refractivity contribution in [3.05, 3.63) is 70.7 Å². The van der Waals surface area contributed by atoms with E-state index in [0.29, 0.717) is 73.5 Å². The third kappa shape index (κ3) is 7.19. The first-order valence-electron chi connectivity index (χ1n) is 13.6. The van der Waals surface area contributed by atoms with Gasteiger partial charge in [0.05, 0.1) is 39.6 Å². The van der Waals surface area contributed by atoms with Crippen molar-refractivity contribution in [3.8, 4) is 11.5 Å². The number of benzene rings is 2. The van der Waals surface area contributed by atoms with Crippen molar-refractivity contribution in [2.24, 2.45) is 0 Å². The highest BCUT2D eigenvalue weighted by Gasteiger charge is 2.33. The van der Waals surface area contributed by atoms with Crippen LogP contribution in [-0.4, -0.2) is 54.2 Å². The number of aromatic nitrogens is 2. The van der Waals surface area contributed by atoms with Gasteiger partial charge in [0.15, 0.2) is 0 Å². The molecule has 2 amide bonds. The van der Waals surface area contributed by atoms with Crippen LogP contribution < -0.4 is 20.1 Å². The highest BCUT2D eigenvalue weighted by molar-refractivity contribution is 6.02. The molecule has 2 heterocycles. The summed E-state index contributed by atoms with van der Waals surface area (Å²) >= 11 is 0. The standard InChI is InChI=1S/C30H37N5O5/c1-5-6-15-40-30(37)31-14-8-11-26-33-24-19-35(18-21-12-13-23(38-3)17-25(21)39-4)29(36)27(24)28(34-26)32-22-10-7-9-20(2)16-22/h7,9-10,12-13,16-17H,5-6,8,11,14-15,18-19H2,1-4H3,(H,31,37)(H,32,33,34). The molecule has 40 heavy (non-hydrogen) atoms. The van der Waals surface area contributed by atoms with Crippen LogP contribution in [0.2, 0.25) is 0 Å². The van der Waals surface area contributed by atoms with E-state index in [9.17, 15) is 9.59 Å². The number of hydrogen-bond acceptors (Lipinski definition) is 8. The first-order chi connectivity index (χ1) is 19.4. The second-order valence-electron chi connectivity index (χ2n) is 9.66. The van der Waals surface area contributed by atoms with Crippen molar-refractivity contribution in [2.45, 2.75) is 52.6 Å². The molecule has 1 aliphatic heterocycles. The van der Waals surface area contributed by atoms with E-state index in [0.717, 1.165) is 29.7 Å². The van der Waals surface area contributed by atoms with Crippen molar-refractivity contribution in [1.29, 1.82) is 0 Å². The fraction of sp³-hybridized carbons (Fsp3) is 0.400. The molecule has 4 rings (SSSR count). The number of carbonyl (C=O) groups is 2. The van der Waals surface area contributed by atoms with Gasteiger partial charge < -0.3 is 29.7 Å². The van der Waals surface area contributed by atoms with E-state index in [1.54, 1.807) is 25.2 Å². The third-order valence-corrected chi connectivity index (χ3v) is 6.59. The molecule has 0 atom stereocenters. The summed E-state index contributed by atoms with van der Waals surface area (Å²) in [6.07, 6.45) is 2.56. The summed E-state index contributed by atoms with van der Waals surface area (Å²) in [6, 6.07) is 13.5. The zero-order valence-electron chi connectivity index (χ0n) is 23.6. The predicted molar refractivity (Wildman–Crippen MR) is 152 cm³/mol. The number of aryl methyl sites for hydroxylation is 2. The van der Waals surface area contributed by atoms with Gasteiger partial charge in [-0.3, -0.25) is 4.79 Å². The molecule has 1 aromatic heterocycles. The highest BCUT2D eigenvalue weighted by atomic mass is 16.5. The SMILES string of the molecule is CCCCOC(=O)NCCCc1nc2c(c(Nc3cccc(C)c3)n1)C(=O)N(Cc1ccc(OC)cc1OC)C2.